The lowest BCUT2D eigenvalue weighted by Gasteiger charge is -2.49. The molecule has 2 saturated heterocycles. The van der Waals surface area contributed by atoms with Crippen LogP contribution in [0.25, 0.3) is 0 Å². The zero-order chi connectivity index (χ0) is 44.5. The summed E-state index contributed by atoms with van der Waals surface area (Å²) in [6, 6.07) is 59.5. The molecule has 0 unspecified atom stereocenters. The average molecular weight is 899 g/mol. The molecule has 0 aromatic heterocycles. The van der Waals surface area contributed by atoms with E-state index < -0.39 is 60.6 Å². The first kappa shape index (κ1) is 46.8. The van der Waals surface area contributed by atoms with E-state index in [4.69, 9.17) is 55.3 Å². The summed E-state index contributed by atoms with van der Waals surface area (Å²) in [5, 5.41) is 12.4. The number of aliphatic hydroxyl groups is 1. The van der Waals surface area contributed by atoms with Gasteiger partial charge in [0.05, 0.1) is 52.9 Å². The highest BCUT2D eigenvalue weighted by molar-refractivity contribution is 7.80. The van der Waals surface area contributed by atoms with Gasteiger partial charge in [0, 0.05) is 0 Å². The largest absolute Gasteiger partial charge is 0.385 e. The average Bonchev–Trinajstić information content (AvgIpc) is 3.35. The number of rotatable bonds is 22. The molecular weight excluding hydrogens is 841 g/mol. The Bertz CT molecular complexity index is 2210. The van der Waals surface area contributed by atoms with Crippen LogP contribution >= 0.6 is 12.6 Å². The summed E-state index contributed by atoms with van der Waals surface area (Å²) in [7, 11) is 0. The molecular formula is C54H58O10S. The smallest absolute Gasteiger partial charge is 0.187 e. The topological polar surface area (TPSA) is 103 Å². The van der Waals surface area contributed by atoms with Gasteiger partial charge in [-0.3, -0.25) is 0 Å². The van der Waals surface area contributed by atoms with Crippen molar-refractivity contribution in [2.75, 3.05) is 13.2 Å². The first-order chi connectivity index (χ1) is 32.1. The van der Waals surface area contributed by atoms with Crippen LogP contribution in [-0.2, 0) is 82.3 Å². The van der Waals surface area contributed by atoms with Gasteiger partial charge in [-0.25, -0.2) is 0 Å². The minimum Gasteiger partial charge on any atom is -0.385 e. The highest BCUT2D eigenvalue weighted by Crippen LogP contribution is 2.36. The van der Waals surface area contributed by atoms with Crippen LogP contribution in [0.15, 0.2) is 182 Å². The first-order valence-corrected chi connectivity index (χ1v) is 22.8. The molecule has 340 valence electrons. The highest BCUT2D eigenvalue weighted by Gasteiger charge is 2.53. The molecule has 10 atom stereocenters. The van der Waals surface area contributed by atoms with E-state index in [1.165, 1.54) is 0 Å². The Balaban J connectivity index is 1.09. The molecule has 0 saturated carbocycles. The molecule has 0 radical (unpaired) electrons. The van der Waals surface area contributed by atoms with E-state index in [1.54, 1.807) is 0 Å². The van der Waals surface area contributed by atoms with Gasteiger partial charge in [-0.2, -0.15) is 0 Å². The van der Waals surface area contributed by atoms with Crippen molar-refractivity contribution >= 4 is 12.6 Å². The van der Waals surface area contributed by atoms with Crippen molar-refractivity contribution in [2.45, 2.75) is 100 Å². The lowest BCUT2D eigenvalue weighted by Crippen LogP contribution is -2.65. The number of hydrogen-bond donors (Lipinski definition) is 2. The molecule has 65 heavy (non-hydrogen) atoms. The van der Waals surface area contributed by atoms with Gasteiger partial charge in [-0.1, -0.05) is 182 Å². The summed E-state index contributed by atoms with van der Waals surface area (Å²) in [5.41, 5.74) is 5.03. The fraction of sp³-hybridized carbons (Fsp3) is 0.333. The van der Waals surface area contributed by atoms with Gasteiger partial charge in [0.15, 0.2) is 6.29 Å². The van der Waals surface area contributed by atoms with E-state index in [2.05, 4.69) is 0 Å². The Morgan fingerprint density at radius 1 is 0.369 bits per heavy atom. The number of hydrogen-bond acceptors (Lipinski definition) is 11. The van der Waals surface area contributed by atoms with Crippen LogP contribution in [0.1, 0.15) is 33.4 Å². The van der Waals surface area contributed by atoms with Gasteiger partial charge in [-0.15, -0.1) is 12.6 Å². The van der Waals surface area contributed by atoms with Gasteiger partial charge in [0.2, 0.25) is 0 Å². The van der Waals surface area contributed by atoms with Crippen LogP contribution in [0.4, 0.5) is 0 Å². The maximum Gasteiger partial charge on any atom is 0.187 e. The van der Waals surface area contributed by atoms with Crippen LogP contribution in [0, 0.1) is 0 Å². The molecule has 2 aliphatic heterocycles. The molecule has 0 bridgehead atoms. The highest BCUT2D eigenvalue weighted by atomic mass is 32.1. The molecule has 0 amide bonds. The minimum absolute atomic E-state index is 0.120. The molecule has 6 aromatic carbocycles. The SMILES string of the molecule is O[C@@H]1[C@@H](O[C@H]2[C@@H](OCc3ccccc3)[C@H](OCc3ccccc3)[C@@H](COCc3ccccc3)O[C@@H]2S)O[C@H](COCc2ccccc2)[C@@H](OCc2ccccc2)[C@@H]1OCc1ccccc1. The van der Waals surface area contributed by atoms with Gasteiger partial charge in [0.25, 0.3) is 0 Å². The molecule has 0 spiro atoms. The maximum absolute atomic E-state index is 12.4. The van der Waals surface area contributed by atoms with Crippen LogP contribution in [-0.4, -0.2) is 78.9 Å². The molecule has 2 aliphatic rings. The summed E-state index contributed by atoms with van der Waals surface area (Å²) in [6.45, 7) is 2.03. The zero-order valence-electron chi connectivity index (χ0n) is 36.3. The third-order valence-electron chi connectivity index (χ3n) is 11.4. The quantitative estimate of drug-likeness (QED) is 0.0643. The molecule has 0 aliphatic carbocycles. The summed E-state index contributed by atoms with van der Waals surface area (Å²) < 4.78 is 59.9. The summed E-state index contributed by atoms with van der Waals surface area (Å²) in [4.78, 5) is 0. The standard InChI is InChI=1S/C54H58O10S/c55-47-50(60-35-43-27-15-5-16-28-43)48(58-33-41-23-11-3-12-24-41)45(37-56-31-39-19-7-1-8-20-39)62-53(47)64-52-51(61-36-44-29-17-6-18-30-44)49(59-34-42-25-13-4-14-26-42)46(63-54(52)65)38-57-32-40-21-9-2-10-22-40/h1-30,45-55,65H,31-38H2/t45-,46-,47+,48-,49-,50-,51+,52+,53-,54-/m1/s1. The molecule has 1 N–H and O–H groups in total. The Hall–Kier alpha value is -4.73. The van der Waals surface area contributed by atoms with Crippen molar-refractivity contribution in [3.05, 3.63) is 215 Å². The molecule has 8 rings (SSSR count). The van der Waals surface area contributed by atoms with E-state index in [0.717, 1.165) is 33.4 Å². The molecule has 2 fully saturated rings. The van der Waals surface area contributed by atoms with Gasteiger partial charge >= 0.3 is 0 Å². The van der Waals surface area contributed by atoms with Crippen molar-refractivity contribution in [1.29, 1.82) is 0 Å². The van der Waals surface area contributed by atoms with Gasteiger partial charge < -0.3 is 47.7 Å². The monoisotopic (exact) mass is 898 g/mol. The first-order valence-electron chi connectivity index (χ1n) is 22.3. The molecule has 6 aromatic rings. The van der Waals surface area contributed by atoms with E-state index in [9.17, 15) is 5.11 Å². The van der Waals surface area contributed by atoms with Crippen LogP contribution in [0.3, 0.4) is 0 Å². The second-order valence-electron chi connectivity index (χ2n) is 16.2. The molecule has 10 nitrogen and oxygen atoms in total. The number of benzene rings is 6. The number of aliphatic hydroxyl groups excluding tert-OH is 1. The lowest BCUT2D eigenvalue weighted by molar-refractivity contribution is -0.350. The summed E-state index contributed by atoms with van der Waals surface area (Å²) in [6.07, 6.45) is -7.92. The third-order valence-corrected chi connectivity index (χ3v) is 11.9. The van der Waals surface area contributed by atoms with E-state index in [1.807, 2.05) is 182 Å². The van der Waals surface area contributed by atoms with Crippen molar-refractivity contribution in [2.24, 2.45) is 0 Å². The van der Waals surface area contributed by atoms with Crippen LogP contribution in [0.5, 0.6) is 0 Å². The Kier molecular flexibility index (Phi) is 17.8. The van der Waals surface area contributed by atoms with E-state index in [0.29, 0.717) is 13.2 Å². The number of ether oxygens (including phenoxy) is 9. The zero-order valence-corrected chi connectivity index (χ0v) is 37.2. The fourth-order valence-electron chi connectivity index (χ4n) is 8.05. The van der Waals surface area contributed by atoms with Crippen LogP contribution < -0.4 is 0 Å². The van der Waals surface area contributed by atoms with Crippen LogP contribution in [0.2, 0.25) is 0 Å². The Labute approximate surface area is 387 Å². The van der Waals surface area contributed by atoms with Gasteiger partial charge in [-0.05, 0) is 33.4 Å². The Morgan fingerprint density at radius 2 is 0.677 bits per heavy atom. The van der Waals surface area contributed by atoms with Gasteiger partial charge in [0.1, 0.15) is 54.3 Å². The third kappa shape index (κ3) is 13.7. The summed E-state index contributed by atoms with van der Waals surface area (Å²) in [5.74, 6) is 0. The van der Waals surface area contributed by atoms with Crippen molar-refractivity contribution < 1.29 is 47.7 Å². The normalized spacial score (nSPS) is 25.6. The molecule has 11 heteroatoms. The predicted molar refractivity (Wildman–Crippen MR) is 249 cm³/mol. The number of thiol groups is 1. The van der Waals surface area contributed by atoms with Crippen molar-refractivity contribution in [1.82, 2.24) is 0 Å². The predicted octanol–water partition coefficient (Wildman–Crippen LogP) is 8.89. The fourth-order valence-corrected chi connectivity index (χ4v) is 8.45. The second kappa shape index (κ2) is 24.7. The van der Waals surface area contributed by atoms with Crippen molar-refractivity contribution in [3.8, 4) is 0 Å². The lowest BCUT2D eigenvalue weighted by atomic mass is 9.96. The summed E-state index contributed by atoms with van der Waals surface area (Å²) >= 11 is 5.02. The van der Waals surface area contributed by atoms with E-state index >= 15 is 0 Å². The second-order valence-corrected chi connectivity index (χ2v) is 16.8. The molecule has 2 heterocycles. The van der Waals surface area contributed by atoms with E-state index in [-0.39, 0.29) is 39.6 Å². The Morgan fingerprint density at radius 3 is 1.06 bits per heavy atom. The maximum atomic E-state index is 12.4. The minimum atomic E-state index is -1.32. The van der Waals surface area contributed by atoms with Crippen molar-refractivity contribution in [3.63, 3.8) is 0 Å².